The minimum absolute atomic E-state index is 0. The van der Waals surface area contributed by atoms with Gasteiger partial charge in [-0.2, -0.15) is 0 Å². The number of hydrogen-bond acceptors (Lipinski definition) is 0. The Hall–Kier alpha value is 0.670. The molecule has 0 bridgehead atoms. The molecule has 0 N–H and O–H groups in total. The van der Waals surface area contributed by atoms with Crippen molar-refractivity contribution in [3.8, 4) is 0 Å². The molecule has 0 saturated heterocycles. The van der Waals surface area contributed by atoms with Gasteiger partial charge >= 0.3 is 0 Å². The summed E-state index contributed by atoms with van der Waals surface area (Å²) in [5, 5.41) is 0. The van der Waals surface area contributed by atoms with Gasteiger partial charge in [0.2, 0.25) is 3.79 Å². The summed E-state index contributed by atoms with van der Waals surface area (Å²) < 4.78 is -1.29. The van der Waals surface area contributed by atoms with Crippen LogP contribution >= 0.6 is 59.6 Å². The summed E-state index contributed by atoms with van der Waals surface area (Å²) in [6, 6.07) is 9.08. The average molecular weight is 268 g/mol. The van der Waals surface area contributed by atoms with E-state index in [9.17, 15) is 0 Å². The third kappa shape index (κ3) is 4.64. The molecule has 0 nitrogen and oxygen atoms in total. The third-order valence-electron chi connectivity index (χ3n) is 1.10. The van der Waals surface area contributed by atoms with E-state index in [-0.39, 0.29) is 24.8 Å². The Morgan fingerprint density at radius 3 is 1.50 bits per heavy atom. The highest BCUT2D eigenvalue weighted by atomic mass is 35.6. The van der Waals surface area contributed by atoms with Gasteiger partial charge in [0, 0.05) is 5.56 Å². The van der Waals surface area contributed by atoms with Gasteiger partial charge in [-0.15, -0.1) is 24.8 Å². The molecule has 0 fully saturated rings. The Balaban J connectivity index is 0. The number of rotatable bonds is 0. The lowest BCUT2D eigenvalue weighted by atomic mass is 10.2. The van der Waals surface area contributed by atoms with Gasteiger partial charge in [0.05, 0.1) is 0 Å². The maximum absolute atomic E-state index is 5.59. The second-order valence-electron chi connectivity index (χ2n) is 1.86. The van der Waals surface area contributed by atoms with Crippen molar-refractivity contribution in [2.24, 2.45) is 0 Å². The first-order valence-electron chi connectivity index (χ1n) is 2.73. The summed E-state index contributed by atoms with van der Waals surface area (Å²) >= 11 is 16.8. The molecule has 1 aromatic carbocycles. The fourth-order valence-corrected chi connectivity index (χ4v) is 1.01. The van der Waals surface area contributed by atoms with Crippen molar-refractivity contribution in [1.82, 2.24) is 0 Å². The molecule has 5 heteroatoms. The first-order valence-corrected chi connectivity index (χ1v) is 3.86. The molecule has 1 aromatic rings. The Kier molecular flexibility index (Phi) is 7.80. The maximum atomic E-state index is 5.59. The van der Waals surface area contributed by atoms with E-state index < -0.39 is 3.79 Å². The molecule has 0 radical (unpaired) electrons. The van der Waals surface area contributed by atoms with Crippen molar-refractivity contribution in [2.45, 2.75) is 3.79 Å². The maximum Gasteiger partial charge on any atom is 0.216 e. The van der Waals surface area contributed by atoms with Crippen LogP contribution in [0.1, 0.15) is 5.56 Å². The summed E-state index contributed by atoms with van der Waals surface area (Å²) in [7, 11) is 0. The van der Waals surface area contributed by atoms with Crippen molar-refractivity contribution in [3.05, 3.63) is 35.9 Å². The fraction of sp³-hybridized carbons (Fsp3) is 0.143. The van der Waals surface area contributed by atoms with Gasteiger partial charge in [-0.25, -0.2) is 0 Å². The van der Waals surface area contributed by atoms with Gasteiger partial charge in [0.1, 0.15) is 0 Å². The molecule has 0 amide bonds. The number of alkyl halides is 3. The standard InChI is InChI=1S/C7H5Cl3.2ClH/c8-7(9,10)6-4-2-1-3-5-6;;/h1-5H;2*1H. The van der Waals surface area contributed by atoms with Crippen LogP contribution in [0, 0.1) is 0 Å². The third-order valence-corrected chi connectivity index (χ3v) is 1.76. The lowest BCUT2D eigenvalue weighted by molar-refractivity contribution is 1.24. The molecule has 0 spiro atoms. The van der Waals surface area contributed by atoms with Crippen molar-refractivity contribution >= 4 is 59.6 Å². The molecular formula is C7H7Cl5. The number of halogens is 5. The molecule has 0 aliphatic carbocycles. The van der Waals surface area contributed by atoms with Crippen LogP contribution in [-0.4, -0.2) is 0 Å². The zero-order valence-corrected chi connectivity index (χ0v) is 9.74. The smallest absolute Gasteiger partial charge is 0.147 e. The molecule has 0 aliphatic heterocycles. The largest absolute Gasteiger partial charge is 0.216 e. The molecule has 0 atom stereocenters. The van der Waals surface area contributed by atoms with Crippen molar-refractivity contribution in [1.29, 1.82) is 0 Å². The van der Waals surface area contributed by atoms with Crippen LogP contribution in [0.5, 0.6) is 0 Å². The highest BCUT2D eigenvalue weighted by Gasteiger charge is 2.21. The molecule has 0 aliphatic rings. The zero-order chi connectivity index (χ0) is 7.61. The molecule has 1 rings (SSSR count). The topological polar surface area (TPSA) is 0 Å². The number of hydrogen-bond donors (Lipinski definition) is 0. The van der Waals surface area contributed by atoms with Crippen LogP contribution < -0.4 is 0 Å². The summed E-state index contributed by atoms with van der Waals surface area (Å²) in [5.41, 5.74) is 0.694. The van der Waals surface area contributed by atoms with Crippen LogP contribution in [0.15, 0.2) is 30.3 Å². The summed E-state index contributed by atoms with van der Waals surface area (Å²) in [6.45, 7) is 0. The van der Waals surface area contributed by atoms with Gasteiger partial charge in [-0.1, -0.05) is 65.1 Å². The molecule has 70 valence electrons. The second kappa shape index (κ2) is 6.17. The van der Waals surface area contributed by atoms with E-state index in [0.717, 1.165) is 0 Å². The van der Waals surface area contributed by atoms with E-state index >= 15 is 0 Å². The Bertz CT molecular complexity index is 203. The van der Waals surface area contributed by atoms with Crippen LogP contribution in [0.2, 0.25) is 0 Å². The van der Waals surface area contributed by atoms with Gasteiger partial charge in [-0.3, -0.25) is 0 Å². The summed E-state index contributed by atoms with van der Waals surface area (Å²) in [6.07, 6.45) is 0. The molecule has 0 saturated carbocycles. The highest BCUT2D eigenvalue weighted by molar-refractivity contribution is 6.66. The predicted octanol–water partition coefficient (Wildman–Crippen LogP) is 4.36. The normalized spacial score (nSPS) is 9.58. The Labute approximate surface area is 99.0 Å². The Morgan fingerprint density at radius 2 is 1.25 bits per heavy atom. The van der Waals surface area contributed by atoms with Crippen LogP contribution in [-0.2, 0) is 3.79 Å². The van der Waals surface area contributed by atoms with Crippen molar-refractivity contribution in [3.63, 3.8) is 0 Å². The van der Waals surface area contributed by atoms with E-state index in [0.29, 0.717) is 5.56 Å². The average Bonchev–Trinajstić information content (AvgIpc) is 1.88. The SMILES string of the molecule is Cl.Cl.ClC(Cl)(Cl)c1ccccc1. The zero-order valence-electron chi connectivity index (χ0n) is 5.84. The van der Waals surface area contributed by atoms with E-state index in [4.69, 9.17) is 34.8 Å². The first kappa shape index (κ1) is 15.2. The van der Waals surface area contributed by atoms with E-state index in [1.807, 2.05) is 18.2 Å². The predicted molar refractivity (Wildman–Crippen MR) is 60.2 cm³/mol. The lowest BCUT2D eigenvalue weighted by Crippen LogP contribution is -1.98. The van der Waals surface area contributed by atoms with Gasteiger partial charge in [-0.05, 0) is 0 Å². The van der Waals surface area contributed by atoms with Crippen LogP contribution in [0.25, 0.3) is 0 Å². The monoisotopic (exact) mass is 266 g/mol. The lowest BCUT2D eigenvalue weighted by Gasteiger charge is -2.09. The van der Waals surface area contributed by atoms with Crippen molar-refractivity contribution < 1.29 is 0 Å². The quantitative estimate of drug-likeness (QED) is 0.613. The molecular weight excluding hydrogens is 261 g/mol. The highest BCUT2D eigenvalue weighted by Crippen LogP contribution is 2.37. The summed E-state index contributed by atoms with van der Waals surface area (Å²) in [4.78, 5) is 0. The van der Waals surface area contributed by atoms with E-state index in [1.54, 1.807) is 12.1 Å². The van der Waals surface area contributed by atoms with Gasteiger partial charge in [0.15, 0.2) is 0 Å². The van der Waals surface area contributed by atoms with Crippen LogP contribution in [0.3, 0.4) is 0 Å². The van der Waals surface area contributed by atoms with Gasteiger partial charge < -0.3 is 0 Å². The van der Waals surface area contributed by atoms with Crippen LogP contribution in [0.4, 0.5) is 0 Å². The second-order valence-corrected chi connectivity index (χ2v) is 4.15. The van der Waals surface area contributed by atoms with E-state index in [2.05, 4.69) is 0 Å². The van der Waals surface area contributed by atoms with Gasteiger partial charge in [0.25, 0.3) is 0 Å². The van der Waals surface area contributed by atoms with Crippen molar-refractivity contribution in [2.75, 3.05) is 0 Å². The fourth-order valence-electron chi connectivity index (χ4n) is 0.627. The molecule has 0 heterocycles. The van der Waals surface area contributed by atoms with E-state index in [1.165, 1.54) is 0 Å². The molecule has 12 heavy (non-hydrogen) atoms. The molecule has 0 aromatic heterocycles. The summed E-state index contributed by atoms with van der Waals surface area (Å²) in [5.74, 6) is 0. The molecule has 0 unspecified atom stereocenters. The minimum atomic E-state index is -1.29. The first-order chi connectivity index (χ1) is 4.61. The number of benzene rings is 1. The Morgan fingerprint density at radius 1 is 0.833 bits per heavy atom. The minimum Gasteiger partial charge on any atom is -0.147 e.